The molecule has 0 amide bonds. The zero-order chi connectivity index (χ0) is 12.1. The van der Waals surface area contributed by atoms with E-state index < -0.39 is 0 Å². The van der Waals surface area contributed by atoms with Gasteiger partial charge in [0.05, 0.1) is 0 Å². The van der Waals surface area contributed by atoms with Gasteiger partial charge in [0.25, 0.3) is 0 Å². The molecule has 0 aliphatic rings. The van der Waals surface area contributed by atoms with Gasteiger partial charge in [0.1, 0.15) is 0 Å². The van der Waals surface area contributed by atoms with Gasteiger partial charge in [-0.2, -0.15) is 0 Å². The molecule has 0 aliphatic heterocycles. The highest BCUT2D eigenvalue weighted by atomic mass is 15.1. The van der Waals surface area contributed by atoms with E-state index in [0.29, 0.717) is 6.04 Å². The fourth-order valence-electron chi connectivity index (χ4n) is 1.98. The Morgan fingerprint density at radius 3 is 2.25 bits per heavy atom. The van der Waals surface area contributed by atoms with Crippen molar-refractivity contribution in [2.75, 3.05) is 24.3 Å². The van der Waals surface area contributed by atoms with Crippen LogP contribution < -0.4 is 10.2 Å². The molecule has 0 atom stereocenters. The van der Waals surface area contributed by atoms with Gasteiger partial charge in [0.15, 0.2) is 0 Å². The molecule has 1 rings (SSSR count). The first-order valence-corrected chi connectivity index (χ1v) is 6.13. The summed E-state index contributed by atoms with van der Waals surface area (Å²) in [6.45, 7) is 6.61. The Labute approximate surface area is 99.7 Å². The third-order valence-corrected chi connectivity index (χ3v) is 3.03. The minimum Gasteiger partial charge on any atom is -0.382 e. The SMILES string of the molecule is CCC(CC)Nc1ccc(N(C)C)c(C)c1. The normalized spacial score (nSPS) is 10.6. The van der Waals surface area contributed by atoms with Crippen molar-refractivity contribution in [1.82, 2.24) is 0 Å². The van der Waals surface area contributed by atoms with Crippen LogP contribution >= 0.6 is 0 Å². The highest BCUT2D eigenvalue weighted by molar-refractivity contribution is 5.60. The number of hydrogen-bond acceptors (Lipinski definition) is 2. The number of anilines is 2. The molecule has 0 bridgehead atoms. The van der Waals surface area contributed by atoms with Crippen LogP contribution in [0.4, 0.5) is 11.4 Å². The Morgan fingerprint density at radius 1 is 1.19 bits per heavy atom. The van der Waals surface area contributed by atoms with Gasteiger partial charge in [-0.1, -0.05) is 13.8 Å². The van der Waals surface area contributed by atoms with E-state index in [1.54, 1.807) is 0 Å². The molecule has 1 aromatic carbocycles. The maximum absolute atomic E-state index is 3.57. The van der Waals surface area contributed by atoms with Crippen molar-refractivity contribution in [3.05, 3.63) is 23.8 Å². The summed E-state index contributed by atoms with van der Waals surface area (Å²) in [5.41, 5.74) is 3.84. The lowest BCUT2D eigenvalue weighted by Gasteiger charge is -2.20. The van der Waals surface area contributed by atoms with Crippen LogP contribution in [-0.4, -0.2) is 20.1 Å². The van der Waals surface area contributed by atoms with E-state index in [9.17, 15) is 0 Å². The minimum absolute atomic E-state index is 0.588. The highest BCUT2D eigenvalue weighted by Gasteiger charge is 2.05. The first-order valence-electron chi connectivity index (χ1n) is 6.13. The molecule has 2 nitrogen and oxygen atoms in total. The summed E-state index contributed by atoms with van der Waals surface area (Å²) in [6, 6.07) is 7.17. The number of rotatable bonds is 5. The zero-order valence-corrected chi connectivity index (χ0v) is 11.2. The Morgan fingerprint density at radius 2 is 1.81 bits per heavy atom. The Bertz CT molecular complexity index is 328. The van der Waals surface area contributed by atoms with Gasteiger partial charge in [-0.25, -0.2) is 0 Å². The molecule has 0 aromatic heterocycles. The van der Waals surface area contributed by atoms with Crippen molar-refractivity contribution in [2.45, 2.75) is 39.7 Å². The molecule has 0 radical (unpaired) electrons. The van der Waals surface area contributed by atoms with Gasteiger partial charge in [-0.15, -0.1) is 0 Å². The monoisotopic (exact) mass is 220 g/mol. The number of aryl methyl sites for hydroxylation is 1. The fraction of sp³-hybridized carbons (Fsp3) is 0.571. The number of hydrogen-bond donors (Lipinski definition) is 1. The molecule has 1 aromatic rings. The van der Waals surface area contributed by atoms with Crippen LogP contribution in [0.25, 0.3) is 0 Å². The summed E-state index contributed by atoms with van der Waals surface area (Å²) < 4.78 is 0. The van der Waals surface area contributed by atoms with Crippen LogP contribution in [0.5, 0.6) is 0 Å². The number of nitrogens with one attached hydrogen (secondary N) is 1. The second kappa shape index (κ2) is 5.78. The van der Waals surface area contributed by atoms with E-state index in [1.165, 1.54) is 29.8 Å². The van der Waals surface area contributed by atoms with E-state index in [4.69, 9.17) is 0 Å². The highest BCUT2D eigenvalue weighted by Crippen LogP contribution is 2.22. The van der Waals surface area contributed by atoms with Gasteiger partial charge >= 0.3 is 0 Å². The predicted molar refractivity (Wildman–Crippen MR) is 73.5 cm³/mol. The lowest BCUT2D eigenvalue weighted by molar-refractivity contribution is 0.672. The van der Waals surface area contributed by atoms with Crippen LogP contribution in [0.15, 0.2) is 18.2 Å². The molecule has 0 aliphatic carbocycles. The van der Waals surface area contributed by atoms with E-state index >= 15 is 0 Å². The molecule has 0 unspecified atom stereocenters. The summed E-state index contributed by atoms with van der Waals surface area (Å²) in [5, 5.41) is 3.57. The maximum Gasteiger partial charge on any atom is 0.0392 e. The quantitative estimate of drug-likeness (QED) is 0.814. The molecule has 0 heterocycles. The second-order valence-electron chi connectivity index (χ2n) is 4.55. The molecule has 16 heavy (non-hydrogen) atoms. The average Bonchev–Trinajstić information content (AvgIpc) is 2.25. The van der Waals surface area contributed by atoms with E-state index in [2.05, 4.69) is 63.3 Å². The lowest BCUT2D eigenvalue weighted by Crippen LogP contribution is -2.17. The average molecular weight is 220 g/mol. The molecule has 0 spiro atoms. The van der Waals surface area contributed by atoms with E-state index in [0.717, 1.165) is 0 Å². The summed E-state index contributed by atoms with van der Waals surface area (Å²) in [5.74, 6) is 0. The predicted octanol–water partition coefficient (Wildman–Crippen LogP) is 3.66. The summed E-state index contributed by atoms with van der Waals surface area (Å²) >= 11 is 0. The van der Waals surface area contributed by atoms with Gasteiger partial charge in [0.2, 0.25) is 0 Å². The van der Waals surface area contributed by atoms with E-state index in [1.807, 2.05) is 0 Å². The second-order valence-corrected chi connectivity index (χ2v) is 4.55. The Balaban J connectivity index is 2.80. The van der Waals surface area contributed by atoms with Crippen molar-refractivity contribution in [2.24, 2.45) is 0 Å². The van der Waals surface area contributed by atoms with Crippen molar-refractivity contribution in [3.8, 4) is 0 Å². The van der Waals surface area contributed by atoms with Gasteiger partial charge in [0, 0.05) is 31.5 Å². The zero-order valence-electron chi connectivity index (χ0n) is 11.2. The molecule has 0 saturated heterocycles. The molecule has 2 heteroatoms. The number of nitrogens with zero attached hydrogens (tertiary/aromatic N) is 1. The summed E-state index contributed by atoms with van der Waals surface area (Å²) in [7, 11) is 4.16. The van der Waals surface area contributed by atoms with Crippen molar-refractivity contribution < 1.29 is 0 Å². The molecular weight excluding hydrogens is 196 g/mol. The largest absolute Gasteiger partial charge is 0.382 e. The molecular formula is C14H24N2. The van der Waals surface area contributed by atoms with Gasteiger partial charge in [-0.3, -0.25) is 0 Å². The maximum atomic E-state index is 3.57. The van der Waals surface area contributed by atoms with Crippen molar-refractivity contribution in [3.63, 3.8) is 0 Å². The van der Waals surface area contributed by atoms with Crippen LogP contribution in [0.3, 0.4) is 0 Å². The van der Waals surface area contributed by atoms with Crippen LogP contribution in [0, 0.1) is 6.92 Å². The van der Waals surface area contributed by atoms with Crippen molar-refractivity contribution >= 4 is 11.4 Å². The smallest absolute Gasteiger partial charge is 0.0392 e. The van der Waals surface area contributed by atoms with Crippen LogP contribution in [-0.2, 0) is 0 Å². The van der Waals surface area contributed by atoms with Crippen LogP contribution in [0.1, 0.15) is 32.3 Å². The lowest BCUT2D eigenvalue weighted by atomic mass is 10.1. The van der Waals surface area contributed by atoms with E-state index in [-0.39, 0.29) is 0 Å². The number of benzene rings is 1. The van der Waals surface area contributed by atoms with Crippen molar-refractivity contribution in [1.29, 1.82) is 0 Å². The Kier molecular flexibility index (Phi) is 4.66. The topological polar surface area (TPSA) is 15.3 Å². The van der Waals surface area contributed by atoms with Gasteiger partial charge in [-0.05, 0) is 43.5 Å². The Hall–Kier alpha value is -1.18. The minimum atomic E-state index is 0.588. The summed E-state index contributed by atoms with van der Waals surface area (Å²) in [4.78, 5) is 2.15. The molecule has 0 saturated carbocycles. The third kappa shape index (κ3) is 3.16. The third-order valence-electron chi connectivity index (χ3n) is 3.03. The van der Waals surface area contributed by atoms with Gasteiger partial charge < -0.3 is 10.2 Å². The standard InChI is InChI=1S/C14H24N2/c1-6-12(7-2)15-13-8-9-14(16(4)5)11(3)10-13/h8-10,12,15H,6-7H2,1-5H3. The molecule has 0 fully saturated rings. The first-order chi connectivity index (χ1) is 7.58. The first kappa shape index (κ1) is 12.9. The molecule has 90 valence electrons. The molecule has 1 N–H and O–H groups in total. The summed E-state index contributed by atoms with van der Waals surface area (Å²) in [6.07, 6.45) is 2.34. The fourth-order valence-corrected chi connectivity index (χ4v) is 1.98. The van der Waals surface area contributed by atoms with Crippen LogP contribution in [0.2, 0.25) is 0 Å².